The lowest BCUT2D eigenvalue weighted by Crippen LogP contribution is -2.36. The quantitative estimate of drug-likeness (QED) is 0.867. The van der Waals surface area contributed by atoms with Crippen LogP contribution in [0.25, 0.3) is 0 Å². The maximum atomic E-state index is 6.10. The van der Waals surface area contributed by atoms with Gasteiger partial charge in [-0.25, -0.2) is 0 Å². The predicted octanol–water partition coefficient (Wildman–Crippen LogP) is 3.04. The highest BCUT2D eigenvalue weighted by Gasteiger charge is 2.40. The van der Waals surface area contributed by atoms with Gasteiger partial charge in [-0.05, 0) is 39.0 Å². The van der Waals surface area contributed by atoms with Gasteiger partial charge in [-0.3, -0.25) is 0 Å². The first-order valence-corrected chi connectivity index (χ1v) is 8.37. The van der Waals surface area contributed by atoms with Crippen LogP contribution in [-0.4, -0.2) is 23.3 Å². The van der Waals surface area contributed by atoms with E-state index in [1.54, 1.807) is 0 Å². The average Bonchev–Trinajstić information content (AvgIpc) is 2.89. The number of aromatic nitrogens is 2. The molecule has 2 N–H and O–H groups in total. The molecule has 1 aliphatic carbocycles. The van der Waals surface area contributed by atoms with Crippen molar-refractivity contribution in [2.75, 3.05) is 13.2 Å². The summed E-state index contributed by atoms with van der Waals surface area (Å²) in [5.41, 5.74) is 5.59. The van der Waals surface area contributed by atoms with Crippen LogP contribution in [0, 0.1) is 0 Å². The molecule has 1 aromatic rings. The van der Waals surface area contributed by atoms with Crippen LogP contribution >= 0.6 is 0 Å². The summed E-state index contributed by atoms with van der Waals surface area (Å²) in [7, 11) is 0. The van der Waals surface area contributed by atoms with E-state index in [1.807, 2.05) is 0 Å². The Morgan fingerprint density at radius 2 is 1.76 bits per heavy atom. The summed E-state index contributed by atoms with van der Waals surface area (Å²) in [6.45, 7) is 3.44. The summed E-state index contributed by atoms with van der Waals surface area (Å²) >= 11 is 0. The molecule has 1 aliphatic heterocycles. The second-order valence-electron chi connectivity index (χ2n) is 6.86. The molecular formula is C16H27N3O2. The molecule has 5 nitrogen and oxygen atoms in total. The molecule has 2 heterocycles. The molecule has 1 saturated heterocycles. The Bertz CT molecular complexity index is 458. The molecule has 3 rings (SSSR count). The minimum atomic E-state index is -0.388. The smallest absolute Gasteiger partial charge is 0.234 e. The zero-order chi connectivity index (χ0) is 14.8. The third-order valence-electron chi connectivity index (χ3n) is 5.27. The maximum absolute atomic E-state index is 6.10. The fraction of sp³-hybridized carbons (Fsp3) is 0.875. The highest BCUT2D eigenvalue weighted by molar-refractivity contribution is 5.10. The van der Waals surface area contributed by atoms with Crippen LogP contribution in [0.4, 0.5) is 0 Å². The fourth-order valence-electron chi connectivity index (χ4n) is 3.67. The molecule has 0 spiro atoms. The first-order valence-electron chi connectivity index (χ1n) is 8.37. The summed E-state index contributed by atoms with van der Waals surface area (Å²) in [5, 5.41) is 4.24. The van der Waals surface area contributed by atoms with E-state index in [4.69, 9.17) is 20.0 Å². The highest BCUT2D eigenvalue weighted by atomic mass is 16.5. The normalized spacial score (nSPS) is 30.0. The molecule has 0 amide bonds. The van der Waals surface area contributed by atoms with Crippen molar-refractivity contribution in [3.05, 3.63) is 11.7 Å². The molecule has 1 atom stereocenters. The number of hydrogen-bond donors (Lipinski definition) is 1. The molecule has 0 radical (unpaired) electrons. The Hall–Kier alpha value is -0.940. The van der Waals surface area contributed by atoms with Gasteiger partial charge in [-0.1, -0.05) is 30.8 Å². The molecule has 0 aromatic carbocycles. The zero-order valence-electron chi connectivity index (χ0n) is 13.1. The molecule has 2 aliphatic rings. The van der Waals surface area contributed by atoms with E-state index in [1.165, 1.54) is 25.7 Å². The zero-order valence-corrected chi connectivity index (χ0v) is 13.1. The van der Waals surface area contributed by atoms with Crippen LogP contribution in [0.5, 0.6) is 0 Å². The van der Waals surface area contributed by atoms with Crippen LogP contribution in [0.15, 0.2) is 4.52 Å². The summed E-state index contributed by atoms with van der Waals surface area (Å²) in [5.74, 6) is 1.44. The molecule has 21 heavy (non-hydrogen) atoms. The third kappa shape index (κ3) is 2.86. The molecule has 1 saturated carbocycles. The molecule has 118 valence electrons. The van der Waals surface area contributed by atoms with E-state index >= 15 is 0 Å². The largest absolute Gasteiger partial charge is 0.367 e. The van der Waals surface area contributed by atoms with Crippen molar-refractivity contribution in [3.8, 4) is 0 Å². The lowest BCUT2D eigenvalue weighted by Gasteiger charge is -2.31. The Balaban J connectivity index is 1.85. The first-order chi connectivity index (χ1) is 10.2. The number of hydrogen-bond acceptors (Lipinski definition) is 5. The number of nitrogens with two attached hydrogens (primary N) is 1. The van der Waals surface area contributed by atoms with Gasteiger partial charge in [0.2, 0.25) is 11.7 Å². The predicted molar refractivity (Wildman–Crippen MR) is 79.9 cm³/mol. The molecule has 5 heteroatoms. The summed E-state index contributed by atoms with van der Waals surface area (Å²) in [6, 6.07) is 0. The van der Waals surface area contributed by atoms with Crippen molar-refractivity contribution in [3.63, 3.8) is 0 Å². The van der Waals surface area contributed by atoms with Gasteiger partial charge in [0.25, 0.3) is 0 Å². The van der Waals surface area contributed by atoms with Crippen molar-refractivity contribution < 1.29 is 9.26 Å². The maximum Gasteiger partial charge on any atom is 0.234 e. The lowest BCUT2D eigenvalue weighted by atomic mass is 9.80. The van der Waals surface area contributed by atoms with E-state index in [9.17, 15) is 0 Å². The van der Waals surface area contributed by atoms with Gasteiger partial charge in [0, 0.05) is 13.2 Å². The molecular weight excluding hydrogens is 266 g/mol. The van der Waals surface area contributed by atoms with Gasteiger partial charge in [-0.2, -0.15) is 4.98 Å². The SMILES string of the molecule is CC1(c2noc(C3(CN)CCCCCC3)n2)CCCCO1. The lowest BCUT2D eigenvalue weighted by molar-refractivity contribution is -0.0770. The molecule has 0 bridgehead atoms. The summed E-state index contributed by atoms with van der Waals surface area (Å²) < 4.78 is 11.6. The van der Waals surface area contributed by atoms with E-state index in [0.29, 0.717) is 12.4 Å². The number of rotatable bonds is 3. The Morgan fingerprint density at radius 1 is 1.05 bits per heavy atom. The number of nitrogens with zero attached hydrogens (tertiary/aromatic N) is 2. The van der Waals surface area contributed by atoms with Crippen LogP contribution in [-0.2, 0) is 15.8 Å². The fourth-order valence-corrected chi connectivity index (χ4v) is 3.67. The van der Waals surface area contributed by atoms with Gasteiger partial charge in [0.15, 0.2) is 0 Å². The van der Waals surface area contributed by atoms with E-state index in [2.05, 4.69) is 12.1 Å². The van der Waals surface area contributed by atoms with Gasteiger partial charge in [0.05, 0.1) is 5.41 Å². The summed E-state index contributed by atoms with van der Waals surface area (Å²) in [6.07, 6.45) is 10.3. The average molecular weight is 293 g/mol. The van der Waals surface area contributed by atoms with Crippen molar-refractivity contribution in [1.82, 2.24) is 10.1 Å². The van der Waals surface area contributed by atoms with E-state index < -0.39 is 0 Å². The van der Waals surface area contributed by atoms with Crippen molar-refractivity contribution in [1.29, 1.82) is 0 Å². The van der Waals surface area contributed by atoms with Crippen molar-refractivity contribution >= 4 is 0 Å². The highest BCUT2D eigenvalue weighted by Crippen LogP contribution is 2.39. The van der Waals surface area contributed by atoms with Gasteiger partial charge < -0.3 is 15.0 Å². The standard InChI is InChI=1S/C16H27N3O2/c1-15(8-6-7-11-20-15)13-18-14(21-19-13)16(12-17)9-4-2-3-5-10-16/h2-12,17H2,1H3. The third-order valence-corrected chi connectivity index (χ3v) is 5.27. The van der Waals surface area contributed by atoms with Crippen LogP contribution < -0.4 is 5.73 Å². The van der Waals surface area contributed by atoms with Gasteiger partial charge in [-0.15, -0.1) is 0 Å². The Labute approximate surface area is 126 Å². The Morgan fingerprint density at radius 3 is 2.38 bits per heavy atom. The van der Waals surface area contributed by atoms with Gasteiger partial charge >= 0.3 is 0 Å². The van der Waals surface area contributed by atoms with Crippen LogP contribution in [0.3, 0.4) is 0 Å². The second kappa shape index (κ2) is 6.05. The number of ether oxygens (including phenoxy) is 1. The van der Waals surface area contributed by atoms with E-state index in [-0.39, 0.29) is 11.0 Å². The van der Waals surface area contributed by atoms with Crippen molar-refractivity contribution in [2.24, 2.45) is 5.73 Å². The molecule has 1 unspecified atom stereocenters. The minimum Gasteiger partial charge on any atom is -0.367 e. The molecule has 1 aromatic heterocycles. The Kier molecular flexibility index (Phi) is 4.31. The second-order valence-corrected chi connectivity index (χ2v) is 6.86. The van der Waals surface area contributed by atoms with Crippen LogP contribution in [0.1, 0.15) is 76.4 Å². The van der Waals surface area contributed by atoms with Crippen LogP contribution in [0.2, 0.25) is 0 Å². The van der Waals surface area contributed by atoms with Gasteiger partial charge in [0.1, 0.15) is 5.60 Å². The molecule has 2 fully saturated rings. The monoisotopic (exact) mass is 293 g/mol. The topological polar surface area (TPSA) is 74.2 Å². The summed E-state index contributed by atoms with van der Waals surface area (Å²) in [4.78, 5) is 4.73. The van der Waals surface area contributed by atoms with E-state index in [0.717, 1.165) is 44.6 Å². The minimum absolute atomic E-state index is 0.118. The first kappa shape index (κ1) is 15.0. The van der Waals surface area contributed by atoms with Crippen molar-refractivity contribution in [2.45, 2.75) is 75.7 Å².